The van der Waals surface area contributed by atoms with Gasteiger partial charge in [-0.1, -0.05) is 6.08 Å². The number of hydrogen-bond acceptors (Lipinski definition) is 7. The third-order valence-corrected chi connectivity index (χ3v) is 5.07. The number of ether oxygens (including phenoxy) is 2. The number of hydrogen-bond donors (Lipinski definition) is 2. The van der Waals surface area contributed by atoms with Crippen molar-refractivity contribution in [3.05, 3.63) is 22.8 Å². The molecule has 4 bridgehead atoms. The second-order valence-corrected chi connectivity index (χ2v) is 6.23. The summed E-state index contributed by atoms with van der Waals surface area (Å²) in [6.45, 7) is 0. The first-order valence-corrected chi connectivity index (χ1v) is 7.18. The summed E-state index contributed by atoms with van der Waals surface area (Å²) in [5.41, 5.74) is -1.56. The van der Waals surface area contributed by atoms with Crippen LogP contribution in [0.15, 0.2) is 22.8 Å². The summed E-state index contributed by atoms with van der Waals surface area (Å²) < 4.78 is 9.76. The van der Waals surface area contributed by atoms with Gasteiger partial charge in [0.1, 0.15) is 5.41 Å². The summed E-state index contributed by atoms with van der Waals surface area (Å²) in [5.74, 6) is -6.91. The van der Waals surface area contributed by atoms with Gasteiger partial charge in [0.25, 0.3) is 0 Å². The highest BCUT2D eigenvalue weighted by Gasteiger charge is 2.69. The number of fused-ring (bicyclic) bond motifs is 1. The van der Waals surface area contributed by atoms with Crippen molar-refractivity contribution < 1.29 is 38.9 Å². The topological polar surface area (TPSA) is 127 Å². The van der Waals surface area contributed by atoms with Crippen molar-refractivity contribution in [2.24, 2.45) is 11.3 Å². The van der Waals surface area contributed by atoms with Gasteiger partial charge in [-0.2, -0.15) is 0 Å². The zero-order chi connectivity index (χ0) is 16.6. The van der Waals surface area contributed by atoms with Crippen LogP contribution in [0.25, 0.3) is 0 Å². The molecule has 0 radical (unpaired) electrons. The molecule has 0 unspecified atom stereocenters. The van der Waals surface area contributed by atoms with Gasteiger partial charge in [0.2, 0.25) is 5.79 Å². The summed E-state index contributed by atoms with van der Waals surface area (Å²) in [6.07, 6.45) is 1.35. The Morgan fingerprint density at radius 1 is 1.30 bits per heavy atom. The van der Waals surface area contributed by atoms with Crippen LogP contribution in [-0.2, 0) is 28.7 Å². The number of aliphatic carboxylic acids is 1. The molecule has 3 atom stereocenters. The molecule has 0 saturated carbocycles. The van der Waals surface area contributed by atoms with Crippen molar-refractivity contribution in [2.75, 3.05) is 0 Å². The van der Waals surface area contributed by atoms with Crippen LogP contribution in [0.4, 0.5) is 0 Å². The highest BCUT2D eigenvalue weighted by atomic mass is 16.7. The fourth-order valence-electron chi connectivity index (χ4n) is 4.19. The first-order valence-electron chi connectivity index (χ1n) is 7.18. The Morgan fingerprint density at radius 2 is 2.04 bits per heavy atom. The maximum absolute atomic E-state index is 12.4. The smallest absolute Gasteiger partial charge is 0.342 e. The predicted octanol–water partition coefficient (Wildman–Crippen LogP) is -0.187. The molecule has 0 amide bonds. The number of cyclic esters (lactones) is 2. The summed E-state index contributed by atoms with van der Waals surface area (Å²) in [4.78, 5) is 47.7. The van der Waals surface area contributed by atoms with E-state index in [0.717, 1.165) is 0 Å². The minimum atomic E-state index is -2.09. The molecule has 2 aliphatic carbocycles. The lowest BCUT2D eigenvalue weighted by Crippen LogP contribution is -2.43. The van der Waals surface area contributed by atoms with E-state index in [0.29, 0.717) is 6.42 Å². The van der Waals surface area contributed by atoms with Crippen molar-refractivity contribution in [3.63, 3.8) is 0 Å². The first kappa shape index (κ1) is 14.1. The Bertz CT molecular complexity index is 759. The van der Waals surface area contributed by atoms with Gasteiger partial charge in [0.05, 0.1) is 23.5 Å². The van der Waals surface area contributed by atoms with Gasteiger partial charge < -0.3 is 19.7 Å². The van der Waals surface area contributed by atoms with E-state index >= 15 is 0 Å². The molecule has 120 valence electrons. The number of aliphatic hydroxyl groups is 1. The first-order chi connectivity index (χ1) is 10.8. The molecule has 8 heteroatoms. The van der Waals surface area contributed by atoms with Crippen LogP contribution in [0, 0.1) is 11.3 Å². The lowest BCUT2D eigenvalue weighted by atomic mass is 9.69. The average Bonchev–Trinajstić information content (AvgIpc) is 2.82. The number of carbonyl (C=O) groups is 4. The number of carbonyl (C=O) groups excluding carboxylic acids is 3. The lowest BCUT2D eigenvalue weighted by Gasteiger charge is -2.35. The molecule has 0 aromatic rings. The molecular weight excluding hydrogens is 308 g/mol. The van der Waals surface area contributed by atoms with Crippen molar-refractivity contribution in [1.29, 1.82) is 0 Å². The van der Waals surface area contributed by atoms with E-state index in [2.05, 4.69) is 4.74 Å². The molecule has 2 aliphatic heterocycles. The zero-order valence-electron chi connectivity index (χ0n) is 11.8. The summed E-state index contributed by atoms with van der Waals surface area (Å²) in [5, 5.41) is 20.1. The van der Waals surface area contributed by atoms with Crippen LogP contribution in [0.3, 0.4) is 0 Å². The van der Waals surface area contributed by atoms with E-state index in [1.54, 1.807) is 6.08 Å². The molecule has 0 spiro atoms. The fraction of sp³-hybridized carbons (Fsp3) is 0.467. The van der Waals surface area contributed by atoms with E-state index in [-0.39, 0.29) is 29.6 Å². The van der Waals surface area contributed by atoms with Gasteiger partial charge in [-0.05, 0) is 12.8 Å². The summed E-state index contributed by atoms with van der Waals surface area (Å²) in [7, 11) is 0. The minimum absolute atomic E-state index is 0.00265. The van der Waals surface area contributed by atoms with Crippen molar-refractivity contribution in [1.82, 2.24) is 0 Å². The summed E-state index contributed by atoms with van der Waals surface area (Å²) >= 11 is 0. The highest BCUT2D eigenvalue weighted by molar-refractivity contribution is 6.14. The van der Waals surface area contributed by atoms with Gasteiger partial charge in [-0.3, -0.25) is 9.59 Å². The third-order valence-electron chi connectivity index (χ3n) is 5.07. The predicted molar refractivity (Wildman–Crippen MR) is 69.3 cm³/mol. The van der Waals surface area contributed by atoms with Crippen molar-refractivity contribution in [2.45, 2.75) is 31.5 Å². The van der Waals surface area contributed by atoms with Crippen LogP contribution in [0.1, 0.15) is 25.7 Å². The van der Waals surface area contributed by atoms with E-state index in [1.807, 2.05) is 0 Å². The Morgan fingerprint density at radius 3 is 2.74 bits per heavy atom. The second kappa shape index (κ2) is 4.08. The molecule has 2 heterocycles. The van der Waals surface area contributed by atoms with Crippen molar-refractivity contribution >= 4 is 23.9 Å². The lowest BCUT2D eigenvalue weighted by molar-refractivity contribution is -0.197. The standard InChI is InChI=1S/C15H12O8/c16-9(17)5-14-4-6-10(12(19)22-11(6)18)7-2-1-3-8(14)15(7,21)23-13(14)20/h3,7,21H,1-2,4-5H2,(H,16,17)/t7-,14+,15+/m1/s1. The van der Waals surface area contributed by atoms with Gasteiger partial charge in [0, 0.05) is 12.0 Å². The number of carboxylic acid groups (broad SMARTS) is 1. The molecule has 23 heavy (non-hydrogen) atoms. The second-order valence-electron chi connectivity index (χ2n) is 6.23. The molecule has 0 aromatic heterocycles. The molecule has 1 saturated heterocycles. The van der Waals surface area contributed by atoms with E-state index in [1.165, 1.54) is 0 Å². The average molecular weight is 320 g/mol. The monoisotopic (exact) mass is 320 g/mol. The number of rotatable bonds is 2. The van der Waals surface area contributed by atoms with Crippen LogP contribution in [-0.4, -0.2) is 39.9 Å². The van der Waals surface area contributed by atoms with Crippen LogP contribution >= 0.6 is 0 Å². The molecule has 4 rings (SSSR count). The number of allylic oxidation sites excluding steroid dienone is 1. The van der Waals surface area contributed by atoms with Crippen LogP contribution in [0.2, 0.25) is 0 Å². The van der Waals surface area contributed by atoms with Gasteiger partial charge in [-0.25, -0.2) is 9.59 Å². The summed E-state index contributed by atoms with van der Waals surface area (Å²) in [6, 6.07) is 0. The third kappa shape index (κ3) is 1.53. The van der Waals surface area contributed by atoms with Crippen LogP contribution in [0.5, 0.6) is 0 Å². The zero-order valence-corrected chi connectivity index (χ0v) is 11.8. The Labute approximate surface area is 129 Å². The molecule has 0 aromatic carbocycles. The van der Waals surface area contributed by atoms with Gasteiger partial charge in [-0.15, -0.1) is 0 Å². The van der Waals surface area contributed by atoms with Gasteiger partial charge in [0.15, 0.2) is 0 Å². The quantitative estimate of drug-likeness (QED) is 0.407. The van der Waals surface area contributed by atoms with Gasteiger partial charge >= 0.3 is 23.9 Å². The van der Waals surface area contributed by atoms with Crippen LogP contribution < -0.4 is 0 Å². The Hall–Kier alpha value is -2.48. The molecule has 4 aliphatic rings. The van der Waals surface area contributed by atoms with E-state index < -0.39 is 47.4 Å². The van der Waals surface area contributed by atoms with E-state index in [9.17, 15) is 29.4 Å². The minimum Gasteiger partial charge on any atom is -0.481 e. The maximum atomic E-state index is 12.4. The molecule has 1 fully saturated rings. The molecular formula is C15H12O8. The fourth-order valence-corrected chi connectivity index (χ4v) is 4.19. The van der Waals surface area contributed by atoms with Crippen molar-refractivity contribution in [3.8, 4) is 0 Å². The van der Waals surface area contributed by atoms with E-state index in [4.69, 9.17) is 4.74 Å². The molecule has 2 N–H and O–H groups in total. The maximum Gasteiger partial charge on any atom is 0.342 e. The number of esters is 3. The highest BCUT2D eigenvalue weighted by Crippen LogP contribution is 2.61. The Balaban J connectivity index is 2.01. The normalized spacial score (nSPS) is 37.9. The largest absolute Gasteiger partial charge is 0.481 e. The molecule has 8 nitrogen and oxygen atoms in total. The number of carboxylic acids is 1. The Kier molecular flexibility index (Phi) is 2.51. The SMILES string of the molecule is O=C(O)C[C@@]12CC3=C(C(=O)OC3=O)[C@H]3CCC=C1[C@@]3(O)OC2=O.